The quantitative estimate of drug-likeness (QED) is 0.462. The van der Waals surface area contributed by atoms with Crippen LogP contribution < -0.4 is 4.74 Å². The molecule has 142 valence electrons. The van der Waals surface area contributed by atoms with Crippen molar-refractivity contribution in [1.82, 2.24) is 4.98 Å². The van der Waals surface area contributed by atoms with Crippen LogP contribution in [0, 0.1) is 0 Å². The first kappa shape index (κ1) is 19.4. The van der Waals surface area contributed by atoms with Crippen LogP contribution in [-0.4, -0.2) is 24.1 Å². The average Bonchev–Trinajstić information content (AvgIpc) is 3.07. The first-order valence-electron chi connectivity index (χ1n) is 8.45. The summed E-state index contributed by atoms with van der Waals surface area (Å²) in [7, 11) is 1.53. The minimum atomic E-state index is -4.32. The number of nitrogens with zero attached hydrogens (tertiary/aromatic N) is 1. The van der Waals surface area contributed by atoms with E-state index in [1.165, 1.54) is 18.4 Å². The van der Waals surface area contributed by atoms with Crippen molar-refractivity contribution in [2.45, 2.75) is 31.4 Å². The molecule has 0 N–H and O–H groups in total. The Hall–Kier alpha value is -2.41. The Bertz CT molecular complexity index is 922. The van der Waals surface area contributed by atoms with E-state index in [4.69, 9.17) is 4.74 Å². The van der Waals surface area contributed by atoms with E-state index >= 15 is 0 Å². The van der Waals surface area contributed by atoms with Crippen LogP contribution in [0.3, 0.4) is 0 Å². The zero-order valence-corrected chi connectivity index (χ0v) is 15.4. The van der Waals surface area contributed by atoms with E-state index in [0.717, 1.165) is 4.70 Å². The van der Waals surface area contributed by atoms with Crippen LogP contribution in [0.15, 0.2) is 48.5 Å². The highest BCUT2D eigenvalue weighted by atomic mass is 32.1. The first-order valence-corrected chi connectivity index (χ1v) is 9.27. The Morgan fingerprint density at radius 3 is 2.59 bits per heavy atom. The molecule has 1 aromatic heterocycles. The Labute approximate surface area is 158 Å². The Kier molecular flexibility index (Phi) is 5.79. The highest BCUT2D eigenvalue weighted by molar-refractivity contribution is 7.18. The Morgan fingerprint density at radius 1 is 1.19 bits per heavy atom. The number of ketones is 1. The number of hydrogen-bond donors (Lipinski definition) is 0. The normalized spacial score (nSPS) is 12.9. The lowest BCUT2D eigenvalue weighted by Crippen LogP contribution is -2.15. The predicted octanol–water partition coefficient (Wildman–Crippen LogP) is 6.00. The van der Waals surface area contributed by atoms with E-state index in [1.54, 1.807) is 48.5 Å². The van der Waals surface area contributed by atoms with E-state index < -0.39 is 18.5 Å². The summed E-state index contributed by atoms with van der Waals surface area (Å²) in [5, 5.41) is 0.399. The number of carbonyl (C=O) groups excluding carboxylic acids is 1. The molecule has 0 saturated carbocycles. The fourth-order valence-corrected chi connectivity index (χ4v) is 4.02. The highest BCUT2D eigenvalue weighted by Gasteiger charge is 2.34. The molecule has 1 heterocycles. The zero-order valence-electron chi connectivity index (χ0n) is 14.6. The number of fused-ring (bicyclic) bond motifs is 1. The molecule has 1 atom stereocenters. The van der Waals surface area contributed by atoms with Gasteiger partial charge in [-0.2, -0.15) is 13.2 Å². The topological polar surface area (TPSA) is 39.2 Å². The molecule has 0 radical (unpaired) electrons. The highest BCUT2D eigenvalue weighted by Crippen LogP contribution is 2.38. The summed E-state index contributed by atoms with van der Waals surface area (Å²) in [4.78, 5) is 16.7. The van der Waals surface area contributed by atoms with E-state index in [2.05, 4.69) is 4.98 Å². The van der Waals surface area contributed by atoms with Gasteiger partial charge in [0.2, 0.25) is 0 Å². The third-order valence-electron chi connectivity index (χ3n) is 4.25. The largest absolute Gasteiger partial charge is 0.497 e. The monoisotopic (exact) mass is 393 g/mol. The maximum absolute atomic E-state index is 13.1. The fourth-order valence-electron chi connectivity index (χ4n) is 2.89. The maximum Gasteiger partial charge on any atom is 0.389 e. The van der Waals surface area contributed by atoms with Crippen molar-refractivity contribution < 1.29 is 22.7 Å². The van der Waals surface area contributed by atoms with Gasteiger partial charge in [-0.15, -0.1) is 11.3 Å². The van der Waals surface area contributed by atoms with Gasteiger partial charge in [0.15, 0.2) is 5.78 Å². The molecular weight excluding hydrogens is 375 g/mol. The predicted molar refractivity (Wildman–Crippen MR) is 99.6 cm³/mol. The van der Waals surface area contributed by atoms with Gasteiger partial charge in [-0.05, 0) is 24.6 Å². The Balaban J connectivity index is 1.81. The molecule has 0 aliphatic rings. The fraction of sp³-hybridized carbons (Fsp3) is 0.300. The minimum absolute atomic E-state index is 0.0456. The van der Waals surface area contributed by atoms with Gasteiger partial charge in [0.05, 0.1) is 28.8 Å². The molecule has 3 aromatic rings. The third kappa shape index (κ3) is 5.07. The van der Waals surface area contributed by atoms with Gasteiger partial charge >= 0.3 is 6.18 Å². The van der Waals surface area contributed by atoms with Crippen LogP contribution in [0.2, 0.25) is 0 Å². The summed E-state index contributed by atoms with van der Waals surface area (Å²) in [6.45, 7) is 0. The number of thiazole rings is 1. The lowest BCUT2D eigenvalue weighted by atomic mass is 9.96. The second-order valence-electron chi connectivity index (χ2n) is 6.23. The van der Waals surface area contributed by atoms with Gasteiger partial charge in [-0.25, -0.2) is 4.98 Å². The molecular formula is C20H18F3NO2S. The van der Waals surface area contributed by atoms with Crippen molar-refractivity contribution in [3.8, 4) is 5.75 Å². The number of halogens is 3. The molecule has 0 fully saturated rings. The van der Waals surface area contributed by atoms with Gasteiger partial charge in [-0.3, -0.25) is 4.79 Å². The van der Waals surface area contributed by atoms with E-state index in [1.807, 2.05) is 0 Å². The van der Waals surface area contributed by atoms with Crippen molar-refractivity contribution in [1.29, 1.82) is 0 Å². The van der Waals surface area contributed by atoms with E-state index in [0.29, 0.717) is 21.8 Å². The summed E-state index contributed by atoms with van der Waals surface area (Å²) < 4.78 is 45.2. The number of hydrogen-bond acceptors (Lipinski definition) is 4. The minimum Gasteiger partial charge on any atom is -0.497 e. The molecule has 1 unspecified atom stereocenters. The van der Waals surface area contributed by atoms with Crippen LogP contribution in [0.5, 0.6) is 5.75 Å². The lowest BCUT2D eigenvalue weighted by molar-refractivity contribution is -0.139. The number of alkyl halides is 3. The number of rotatable bonds is 7. The summed E-state index contributed by atoms with van der Waals surface area (Å²) in [5.74, 6) is -0.379. The molecule has 0 aliphatic carbocycles. The second kappa shape index (κ2) is 8.08. The van der Waals surface area contributed by atoms with Crippen molar-refractivity contribution in [2.75, 3.05) is 7.11 Å². The van der Waals surface area contributed by atoms with Crippen molar-refractivity contribution in [3.63, 3.8) is 0 Å². The third-order valence-corrected chi connectivity index (χ3v) is 5.44. The van der Waals surface area contributed by atoms with Crippen LogP contribution in [0.25, 0.3) is 10.2 Å². The summed E-state index contributed by atoms with van der Waals surface area (Å²) in [6.07, 6.45) is -5.17. The van der Waals surface area contributed by atoms with Gasteiger partial charge in [0.1, 0.15) is 5.75 Å². The number of Topliss-reactive ketones (excluding diaryl/α,β-unsaturated/α-hetero) is 1. The first-order chi connectivity index (χ1) is 12.9. The zero-order chi connectivity index (χ0) is 19.4. The molecule has 27 heavy (non-hydrogen) atoms. The van der Waals surface area contributed by atoms with Gasteiger partial charge in [-0.1, -0.05) is 30.3 Å². The van der Waals surface area contributed by atoms with E-state index in [9.17, 15) is 18.0 Å². The maximum atomic E-state index is 13.1. The lowest BCUT2D eigenvalue weighted by Gasteiger charge is -2.16. The molecule has 2 aromatic carbocycles. The SMILES string of the molecule is COc1ccc2nc(C(CCC(=O)c3ccccc3)CC(F)(F)F)sc2c1. The average molecular weight is 393 g/mol. The molecule has 0 aliphatic heterocycles. The molecule has 0 amide bonds. The van der Waals surface area contributed by atoms with E-state index in [-0.39, 0.29) is 18.6 Å². The Morgan fingerprint density at radius 2 is 1.93 bits per heavy atom. The van der Waals surface area contributed by atoms with Crippen molar-refractivity contribution in [3.05, 3.63) is 59.1 Å². The molecule has 0 saturated heterocycles. The summed E-state index contributed by atoms with van der Waals surface area (Å²) >= 11 is 1.22. The summed E-state index contributed by atoms with van der Waals surface area (Å²) in [5.41, 5.74) is 1.15. The van der Waals surface area contributed by atoms with Gasteiger partial charge in [0.25, 0.3) is 0 Å². The number of benzene rings is 2. The van der Waals surface area contributed by atoms with Crippen molar-refractivity contribution in [2.24, 2.45) is 0 Å². The number of carbonyl (C=O) groups is 1. The summed E-state index contributed by atoms with van der Waals surface area (Å²) in [6, 6.07) is 13.8. The molecule has 3 rings (SSSR count). The molecule has 7 heteroatoms. The number of methoxy groups -OCH3 is 1. The molecule has 0 bridgehead atoms. The molecule has 0 spiro atoms. The van der Waals surface area contributed by atoms with Crippen molar-refractivity contribution >= 4 is 27.3 Å². The van der Waals surface area contributed by atoms with Crippen LogP contribution in [-0.2, 0) is 0 Å². The van der Waals surface area contributed by atoms with Crippen LogP contribution in [0.4, 0.5) is 13.2 Å². The van der Waals surface area contributed by atoms with Crippen LogP contribution >= 0.6 is 11.3 Å². The number of ether oxygens (including phenoxy) is 1. The number of aromatic nitrogens is 1. The standard InChI is InChI=1S/C20H18F3NO2S/c1-26-15-8-9-16-18(11-15)27-19(24-16)14(12-20(21,22)23)7-10-17(25)13-5-3-2-4-6-13/h2-6,8-9,11,14H,7,10,12H2,1H3. The smallest absolute Gasteiger partial charge is 0.389 e. The van der Waals surface area contributed by atoms with Crippen LogP contribution in [0.1, 0.15) is 40.5 Å². The van der Waals surface area contributed by atoms with Gasteiger partial charge in [0, 0.05) is 17.9 Å². The molecule has 3 nitrogen and oxygen atoms in total. The second-order valence-corrected chi connectivity index (χ2v) is 7.29. The van der Waals surface area contributed by atoms with Gasteiger partial charge < -0.3 is 4.74 Å².